The Balaban J connectivity index is 1.84. The highest BCUT2D eigenvalue weighted by atomic mass is 35.5. The third-order valence-electron chi connectivity index (χ3n) is 5.20. The molecule has 1 aromatic carbocycles. The Bertz CT molecular complexity index is 1190. The lowest BCUT2D eigenvalue weighted by Crippen LogP contribution is -2.51. The number of hydrogen-bond donors (Lipinski definition) is 2. The number of carbonyl (C=O) groups excluding carboxylic acids is 2. The molecule has 0 spiro atoms. The Hall–Kier alpha value is -2.86. The predicted octanol–water partition coefficient (Wildman–Crippen LogP) is 3.38. The molecule has 13 heteroatoms. The van der Waals surface area contributed by atoms with Crippen LogP contribution in [0.4, 0.5) is 10.5 Å². The van der Waals surface area contributed by atoms with Gasteiger partial charge in [0.1, 0.15) is 11.6 Å². The van der Waals surface area contributed by atoms with Gasteiger partial charge in [-0.3, -0.25) is 9.52 Å². The Labute approximate surface area is 209 Å². The van der Waals surface area contributed by atoms with Crippen molar-refractivity contribution < 1.29 is 27.3 Å². The molecule has 1 aliphatic heterocycles. The van der Waals surface area contributed by atoms with E-state index in [0.717, 1.165) is 19.1 Å². The van der Waals surface area contributed by atoms with Crippen molar-refractivity contribution in [1.82, 2.24) is 20.4 Å². The van der Waals surface area contributed by atoms with E-state index in [9.17, 15) is 18.0 Å². The summed E-state index contributed by atoms with van der Waals surface area (Å²) < 4.78 is 36.0. The molecule has 0 saturated carbocycles. The number of ether oxygens (including phenoxy) is 1. The first-order valence-corrected chi connectivity index (χ1v) is 13.4. The fourth-order valence-electron chi connectivity index (χ4n) is 3.62. The molecule has 2 N–H and O–H groups in total. The molecule has 0 bridgehead atoms. The fourth-order valence-corrected chi connectivity index (χ4v) is 4.44. The molecule has 1 fully saturated rings. The molecule has 3 rings (SSSR count). The van der Waals surface area contributed by atoms with Crippen LogP contribution in [-0.4, -0.2) is 66.4 Å². The van der Waals surface area contributed by atoms with Crippen LogP contribution in [0.15, 0.2) is 22.7 Å². The van der Waals surface area contributed by atoms with Crippen LogP contribution in [0.5, 0.6) is 0 Å². The number of nitrogens with one attached hydrogen (secondary N) is 2. The zero-order valence-corrected chi connectivity index (χ0v) is 21.9. The van der Waals surface area contributed by atoms with Crippen LogP contribution >= 0.6 is 11.6 Å². The van der Waals surface area contributed by atoms with E-state index in [2.05, 4.69) is 20.2 Å². The number of hydrogen-bond acceptors (Lipinski definition) is 8. The van der Waals surface area contributed by atoms with Crippen LogP contribution in [0.25, 0.3) is 11.4 Å². The lowest BCUT2D eigenvalue weighted by Gasteiger charge is -2.28. The highest BCUT2D eigenvalue weighted by Crippen LogP contribution is 2.31. The van der Waals surface area contributed by atoms with E-state index in [-0.39, 0.29) is 28.3 Å². The van der Waals surface area contributed by atoms with Crippen molar-refractivity contribution in [3.05, 3.63) is 29.1 Å². The number of amides is 2. The number of halogens is 1. The van der Waals surface area contributed by atoms with Gasteiger partial charge in [-0.1, -0.05) is 23.7 Å². The minimum absolute atomic E-state index is 0.128. The van der Waals surface area contributed by atoms with Crippen molar-refractivity contribution in [3.63, 3.8) is 0 Å². The number of aromatic nitrogens is 2. The molecular weight excluding hydrogens is 498 g/mol. The first-order valence-electron chi connectivity index (χ1n) is 11.1. The molecule has 2 atom stereocenters. The number of anilines is 1. The van der Waals surface area contributed by atoms with E-state index in [0.29, 0.717) is 18.7 Å². The maximum atomic E-state index is 13.2. The third-order valence-corrected chi connectivity index (χ3v) is 6.12. The lowest BCUT2D eigenvalue weighted by atomic mass is 10.0. The monoisotopic (exact) mass is 527 g/mol. The van der Waals surface area contributed by atoms with Gasteiger partial charge >= 0.3 is 6.09 Å². The van der Waals surface area contributed by atoms with Crippen LogP contribution in [0.3, 0.4) is 0 Å². The first kappa shape index (κ1) is 26.7. The number of nitrogens with zero attached hydrogens (tertiary/aromatic N) is 3. The van der Waals surface area contributed by atoms with Crippen LogP contribution in [0.1, 0.15) is 52.3 Å². The largest absolute Gasteiger partial charge is 0.444 e. The number of alkyl carbamates (subject to hydrolysis) is 1. The summed E-state index contributed by atoms with van der Waals surface area (Å²) in [5.41, 5.74) is -0.0345. The highest BCUT2D eigenvalue weighted by molar-refractivity contribution is 7.92. The van der Waals surface area contributed by atoms with Gasteiger partial charge in [-0.2, -0.15) is 4.98 Å². The first-order chi connectivity index (χ1) is 16.2. The van der Waals surface area contributed by atoms with Gasteiger partial charge in [-0.05, 0) is 51.8 Å². The summed E-state index contributed by atoms with van der Waals surface area (Å²) >= 11 is 6.32. The minimum atomic E-state index is -3.46. The number of benzene rings is 1. The van der Waals surface area contributed by atoms with Gasteiger partial charge < -0.3 is 19.5 Å². The summed E-state index contributed by atoms with van der Waals surface area (Å²) in [5.74, 6) is -0.632. The van der Waals surface area contributed by atoms with Crippen molar-refractivity contribution in [2.45, 2.75) is 58.1 Å². The average Bonchev–Trinajstić information content (AvgIpc) is 3.41. The van der Waals surface area contributed by atoms with E-state index < -0.39 is 33.7 Å². The number of likely N-dealkylation sites (tertiary alicyclic amines) is 1. The van der Waals surface area contributed by atoms with Gasteiger partial charge in [-0.15, -0.1) is 0 Å². The van der Waals surface area contributed by atoms with Gasteiger partial charge in [0.2, 0.25) is 27.6 Å². The van der Waals surface area contributed by atoms with Gasteiger partial charge in [0.05, 0.1) is 17.2 Å². The SMILES string of the molecule is CC(c1nc(-c2ccc(NS(C)(=O)=O)cc2Cl)no1)C(NC(=O)OC(C)(C)C)C(=O)N1CCCC1. The van der Waals surface area contributed by atoms with E-state index in [1.54, 1.807) is 38.7 Å². The quantitative estimate of drug-likeness (QED) is 0.557. The maximum absolute atomic E-state index is 13.2. The second-order valence-corrected chi connectivity index (χ2v) is 11.6. The smallest absolute Gasteiger partial charge is 0.408 e. The summed E-state index contributed by atoms with van der Waals surface area (Å²) in [6.45, 7) is 8.12. The topological polar surface area (TPSA) is 144 Å². The zero-order valence-electron chi connectivity index (χ0n) is 20.3. The molecule has 2 heterocycles. The van der Waals surface area contributed by atoms with Gasteiger partial charge in [-0.25, -0.2) is 13.2 Å². The van der Waals surface area contributed by atoms with E-state index in [1.807, 2.05) is 0 Å². The van der Waals surface area contributed by atoms with Gasteiger partial charge in [0, 0.05) is 24.3 Å². The number of carbonyl (C=O) groups is 2. The van der Waals surface area contributed by atoms with E-state index in [1.165, 1.54) is 12.1 Å². The van der Waals surface area contributed by atoms with Gasteiger partial charge in [0.15, 0.2) is 0 Å². The molecule has 1 saturated heterocycles. The molecule has 0 aliphatic carbocycles. The summed E-state index contributed by atoms with van der Waals surface area (Å²) in [4.78, 5) is 31.8. The summed E-state index contributed by atoms with van der Waals surface area (Å²) in [6, 6.07) is 3.53. The molecule has 0 radical (unpaired) electrons. The third kappa shape index (κ3) is 7.31. The summed E-state index contributed by atoms with van der Waals surface area (Å²) in [5, 5.41) is 6.84. The van der Waals surface area contributed by atoms with Crippen molar-refractivity contribution in [3.8, 4) is 11.4 Å². The fraction of sp³-hybridized carbons (Fsp3) is 0.545. The molecule has 1 aromatic heterocycles. The Morgan fingerprint density at radius 1 is 1.23 bits per heavy atom. The summed E-state index contributed by atoms with van der Waals surface area (Å²) in [7, 11) is -3.46. The Morgan fingerprint density at radius 2 is 1.89 bits per heavy atom. The maximum Gasteiger partial charge on any atom is 0.408 e. The van der Waals surface area contributed by atoms with Crippen molar-refractivity contribution >= 4 is 39.3 Å². The lowest BCUT2D eigenvalue weighted by molar-refractivity contribution is -0.133. The van der Waals surface area contributed by atoms with Crippen LogP contribution in [0, 0.1) is 0 Å². The summed E-state index contributed by atoms with van der Waals surface area (Å²) in [6.07, 6.45) is 2.10. The predicted molar refractivity (Wildman–Crippen MR) is 131 cm³/mol. The van der Waals surface area contributed by atoms with Crippen molar-refractivity contribution in [1.29, 1.82) is 0 Å². The molecule has 2 aromatic rings. The van der Waals surface area contributed by atoms with E-state index in [4.69, 9.17) is 20.9 Å². The molecule has 35 heavy (non-hydrogen) atoms. The molecule has 192 valence electrons. The van der Waals surface area contributed by atoms with Crippen LogP contribution < -0.4 is 10.0 Å². The molecular formula is C22H30ClN5O6S. The molecule has 1 aliphatic rings. The minimum Gasteiger partial charge on any atom is -0.444 e. The van der Waals surface area contributed by atoms with Crippen molar-refractivity contribution in [2.24, 2.45) is 0 Å². The Kier molecular flexibility index (Phi) is 7.95. The number of rotatable bonds is 7. The van der Waals surface area contributed by atoms with Crippen LogP contribution in [0.2, 0.25) is 5.02 Å². The Morgan fingerprint density at radius 3 is 2.46 bits per heavy atom. The zero-order chi connectivity index (χ0) is 26.0. The van der Waals surface area contributed by atoms with Gasteiger partial charge in [0.25, 0.3) is 0 Å². The highest BCUT2D eigenvalue weighted by Gasteiger charge is 2.36. The number of sulfonamides is 1. The average molecular weight is 528 g/mol. The van der Waals surface area contributed by atoms with Crippen molar-refractivity contribution in [2.75, 3.05) is 24.1 Å². The standard InChI is InChI=1S/C22H30ClN5O6S/c1-13(17(20(29)28-10-6-7-11-28)24-21(30)33-22(2,3)4)19-25-18(26-34-19)15-9-8-14(12-16(15)23)27-35(5,31)32/h8-9,12-13,17,27H,6-7,10-11H2,1-5H3,(H,24,30). The van der Waals surface area contributed by atoms with E-state index >= 15 is 0 Å². The normalized spacial score (nSPS) is 16.0. The molecule has 2 unspecified atom stereocenters. The second-order valence-electron chi connectivity index (χ2n) is 9.47. The molecule has 11 nitrogen and oxygen atoms in total. The van der Waals surface area contributed by atoms with Crippen LogP contribution in [-0.2, 0) is 19.6 Å². The molecule has 2 amide bonds. The second kappa shape index (κ2) is 10.4.